The Balaban J connectivity index is 1.74. The minimum absolute atomic E-state index is 0.0360. The highest BCUT2D eigenvalue weighted by Crippen LogP contribution is 2.34. The van der Waals surface area contributed by atoms with Crippen LogP contribution in [0.15, 0.2) is 18.2 Å². The highest BCUT2D eigenvalue weighted by molar-refractivity contribution is 5.47. The van der Waals surface area contributed by atoms with E-state index < -0.39 is 0 Å². The van der Waals surface area contributed by atoms with Crippen molar-refractivity contribution in [3.63, 3.8) is 0 Å². The Morgan fingerprint density at radius 1 is 1.25 bits per heavy atom. The largest absolute Gasteiger partial charge is 0.490 e. The van der Waals surface area contributed by atoms with Crippen LogP contribution in [0, 0.1) is 0 Å². The monoisotopic (exact) mass is 277 g/mol. The van der Waals surface area contributed by atoms with Crippen molar-refractivity contribution in [3.8, 4) is 11.5 Å². The number of benzene rings is 1. The molecule has 2 atom stereocenters. The third-order valence-electron chi connectivity index (χ3n) is 4.42. The zero-order chi connectivity index (χ0) is 14.0. The van der Waals surface area contributed by atoms with Crippen LogP contribution in [-0.2, 0) is 11.3 Å². The first-order valence-electron chi connectivity index (χ1n) is 7.43. The molecule has 110 valence electrons. The Morgan fingerprint density at radius 2 is 2.10 bits per heavy atom. The Morgan fingerprint density at radius 3 is 2.90 bits per heavy atom. The molecule has 0 amide bonds. The van der Waals surface area contributed by atoms with Crippen molar-refractivity contribution < 1.29 is 14.2 Å². The lowest BCUT2D eigenvalue weighted by atomic mass is 9.94. The number of rotatable bonds is 3. The molecule has 4 heteroatoms. The van der Waals surface area contributed by atoms with E-state index in [1.165, 1.54) is 0 Å². The average Bonchev–Trinajstić information content (AvgIpc) is 2.67. The topological polar surface area (TPSA) is 39.7 Å². The van der Waals surface area contributed by atoms with E-state index in [1.54, 1.807) is 0 Å². The lowest BCUT2D eigenvalue weighted by Crippen LogP contribution is -2.47. The highest BCUT2D eigenvalue weighted by atomic mass is 16.5. The fraction of sp³-hybridized carbons (Fsp3) is 0.625. The van der Waals surface area contributed by atoms with E-state index in [1.807, 2.05) is 12.1 Å². The molecule has 4 nitrogen and oxygen atoms in total. The quantitative estimate of drug-likeness (QED) is 0.921. The van der Waals surface area contributed by atoms with Gasteiger partial charge >= 0.3 is 0 Å². The van der Waals surface area contributed by atoms with Crippen LogP contribution < -0.4 is 14.8 Å². The van der Waals surface area contributed by atoms with E-state index in [2.05, 4.69) is 25.2 Å². The van der Waals surface area contributed by atoms with Gasteiger partial charge in [-0.25, -0.2) is 0 Å². The molecular weight excluding hydrogens is 254 g/mol. The minimum Gasteiger partial charge on any atom is -0.490 e. The van der Waals surface area contributed by atoms with Crippen molar-refractivity contribution in [1.29, 1.82) is 0 Å². The van der Waals surface area contributed by atoms with Crippen molar-refractivity contribution in [2.75, 3.05) is 19.8 Å². The van der Waals surface area contributed by atoms with Crippen molar-refractivity contribution in [2.24, 2.45) is 0 Å². The zero-order valence-corrected chi connectivity index (χ0v) is 12.3. The number of hydrogen-bond acceptors (Lipinski definition) is 4. The van der Waals surface area contributed by atoms with Crippen LogP contribution >= 0.6 is 0 Å². The van der Waals surface area contributed by atoms with Crippen molar-refractivity contribution >= 4 is 0 Å². The summed E-state index contributed by atoms with van der Waals surface area (Å²) in [5.74, 6) is 1.76. The van der Waals surface area contributed by atoms with Gasteiger partial charge in [0, 0.05) is 30.7 Å². The smallest absolute Gasteiger partial charge is 0.165 e. The summed E-state index contributed by atoms with van der Waals surface area (Å²) in [5, 5.41) is 3.63. The predicted octanol–water partition coefficient (Wildman–Crippen LogP) is 2.51. The first-order valence-corrected chi connectivity index (χ1v) is 7.43. The molecule has 1 fully saturated rings. The first-order chi connectivity index (χ1) is 9.69. The van der Waals surface area contributed by atoms with Crippen LogP contribution in [0.1, 0.15) is 32.3 Å². The van der Waals surface area contributed by atoms with Gasteiger partial charge in [-0.3, -0.25) is 0 Å². The number of fused-ring (bicyclic) bond motifs is 1. The van der Waals surface area contributed by atoms with Gasteiger partial charge in [-0.05, 0) is 26.3 Å². The van der Waals surface area contributed by atoms with Gasteiger partial charge in [-0.2, -0.15) is 0 Å². The van der Waals surface area contributed by atoms with Gasteiger partial charge in [0.25, 0.3) is 0 Å². The molecule has 0 spiro atoms. The summed E-state index contributed by atoms with van der Waals surface area (Å²) >= 11 is 0. The molecule has 0 aromatic heterocycles. The Hall–Kier alpha value is -1.26. The van der Waals surface area contributed by atoms with Crippen molar-refractivity contribution in [3.05, 3.63) is 23.8 Å². The van der Waals surface area contributed by atoms with Gasteiger partial charge < -0.3 is 19.5 Å². The summed E-state index contributed by atoms with van der Waals surface area (Å²) in [6, 6.07) is 6.11. The number of nitrogens with one attached hydrogen (secondary N) is 1. The van der Waals surface area contributed by atoms with E-state index in [9.17, 15) is 0 Å². The molecule has 1 N–H and O–H groups in total. The van der Waals surface area contributed by atoms with E-state index >= 15 is 0 Å². The summed E-state index contributed by atoms with van der Waals surface area (Å²) in [6.07, 6.45) is 2.21. The molecule has 2 unspecified atom stereocenters. The Kier molecular flexibility index (Phi) is 3.85. The maximum Gasteiger partial charge on any atom is 0.165 e. The fourth-order valence-corrected chi connectivity index (χ4v) is 2.76. The van der Waals surface area contributed by atoms with Gasteiger partial charge in [-0.1, -0.05) is 12.1 Å². The van der Waals surface area contributed by atoms with E-state index in [-0.39, 0.29) is 11.6 Å². The summed E-state index contributed by atoms with van der Waals surface area (Å²) in [5.41, 5.74) is 1.19. The number of para-hydroxylation sites is 1. The molecule has 0 radical (unpaired) electrons. The number of ether oxygens (including phenoxy) is 3. The summed E-state index contributed by atoms with van der Waals surface area (Å²) < 4.78 is 17.3. The summed E-state index contributed by atoms with van der Waals surface area (Å²) in [4.78, 5) is 0. The second kappa shape index (κ2) is 5.62. The standard InChI is InChI=1S/C16H23NO3/c1-12-16(2,7-10-18-12)17-11-13-5-3-6-14-15(13)20-9-4-8-19-14/h3,5-6,12,17H,4,7-11H2,1-2H3. The molecule has 3 rings (SSSR count). The molecule has 0 bridgehead atoms. The zero-order valence-electron chi connectivity index (χ0n) is 12.3. The van der Waals surface area contributed by atoms with Crippen LogP contribution in [0.3, 0.4) is 0 Å². The molecule has 2 heterocycles. The first kappa shape index (κ1) is 13.7. The van der Waals surface area contributed by atoms with Crippen LogP contribution in [0.5, 0.6) is 11.5 Å². The van der Waals surface area contributed by atoms with Crippen LogP contribution in [0.2, 0.25) is 0 Å². The van der Waals surface area contributed by atoms with Gasteiger partial charge in [0.15, 0.2) is 11.5 Å². The maximum absolute atomic E-state index is 5.86. The molecular formula is C16H23NO3. The Bertz CT molecular complexity index is 477. The Labute approximate surface area is 120 Å². The molecule has 2 aliphatic rings. The molecule has 2 aliphatic heterocycles. The maximum atomic E-state index is 5.86. The molecule has 0 saturated carbocycles. The number of hydrogen-bond donors (Lipinski definition) is 1. The molecule has 1 aromatic carbocycles. The normalized spacial score (nSPS) is 29.2. The molecule has 0 aliphatic carbocycles. The highest BCUT2D eigenvalue weighted by Gasteiger charge is 2.36. The van der Waals surface area contributed by atoms with Gasteiger partial charge in [0.05, 0.1) is 19.3 Å². The average molecular weight is 277 g/mol. The van der Waals surface area contributed by atoms with Crippen molar-refractivity contribution in [2.45, 2.75) is 44.9 Å². The predicted molar refractivity (Wildman–Crippen MR) is 77.3 cm³/mol. The fourth-order valence-electron chi connectivity index (χ4n) is 2.76. The van der Waals surface area contributed by atoms with Gasteiger partial charge in [-0.15, -0.1) is 0 Å². The molecule has 20 heavy (non-hydrogen) atoms. The SMILES string of the molecule is CC1OCCC1(C)NCc1cccc2c1OCCCO2. The third-order valence-corrected chi connectivity index (χ3v) is 4.42. The van der Waals surface area contributed by atoms with Crippen LogP contribution in [-0.4, -0.2) is 31.5 Å². The van der Waals surface area contributed by atoms with Gasteiger partial charge in [0.2, 0.25) is 0 Å². The summed E-state index contributed by atoms with van der Waals surface area (Å²) in [7, 11) is 0. The lowest BCUT2D eigenvalue weighted by molar-refractivity contribution is 0.0880. The third kappa shape index (κ3) is 2.63. The van der Waals surface area contributed by atoms with Crippen LogP contribution in [0.4, 0.5) is 0 Å². The van der Waals surface area contributed by atoms with Gasteiger partial charge in [0.1, 0.15) is 0 Å². The lowest BCUT2D eigenvalue weighted by Gasteiger charge is -2.29. The van der Waals surface area contributed by atoms with E-state index in [0.29, 0.717) is 0 Å². The minimum atomic E-state index is 0.0360. The second-order valence-corrected chi connectivity index (χ2v) is 5.83. The van der Waals surface area contributed by atoms with Crippen LogP contribution in [0.25, 0.3) is 0 Å². The van der Waals surface area contributed by atoms with E-state index in [0.717, 1.165) is 56.3 Å². The molecule has 1 saturated heterocycles. The summed E-state index contributed by atoms with van der Waals surface area (Å²) in [6.45, 7) is 7.41. The molecule has 1 aromatic rings. The second-order valence-electron chi connectivity index (χ2n) is 5.83. The van der Waals surface area contributed by atoms with Crippen molar-refractivity contribution in [1.82, 2.24) is 5.32 Å². The van der Waals surface area contributed by atoms with E-state index in [4.69, 9.17) is 14.2 Å².